The fraction of sp³-hybridized carbons (Fsp3) is 0.357. The Labute approximate surface area is 130 Å². The molecule has 1 fully saturated rings. The number of primary amides is 1. The van der Waals surface area contributed by atoms with E-state index in [2.05, 4.69) is 36.2 Å². The molecule has 1 saturated heterocycles. The predicted octanol–water partition coefficient (Wildman–Crippen LogP) is 2.32. The van der Waals surface area contributed by atoms with Gasteiger partial charge in [-0.2, -0.15) is 15.4 Å². The second-order valence-electron chi connectivity index (χ2n) is 5.09. The van der Waals surface area contributed by atoms with E-state index in [1.165, 1.54) is 19.3 Å². The monoisotopic (exact) mass is 349 g/mol. The van der Waals surface area contributed by atoms with Crippen LogP contribution in [0.15, 0.2) is 22.7 Å². The van der Waals surface area contributed by atoms with Crippen LogP contribution in [0.3, 0.4) is 0 Å². The molecule has 21 heavy (non-hydrogen) atoms. The molecule has 0 atom stereocenters. The number of nitrogens with two attached hydrogens (primary N) is 1. The number of H-pyrrole nitrogens is 1. The number of aromatic amines is 1. The van der Waals surface area contributed by atoms with Gasteiger partial charge in [0.1, 0.15) is 5.69 Å². The van der Waals surface area contributed by atoms with Gasteiger partial charge >= 0.3 is 0 Å². The molecule has 3 rings (SSSR count). The molecule has 0 aliphatic carbocycles. The summed E-state index contributed by atoms with van der Waals surface area (Å²) in [6.45, 7) is 2.02. The lowest BCUT2D eigenvalue weighted by atomic mass is 10.0. The van der Waals surface area contributed by atoms with Crippen LogP contribution in [0.1, 0.15) is 29.8 Å². The first-order valence-electron chi connectivity index (χ1n) is 6.92. The number of piperidine rings is 1. The van der Waals surface area contributed by atoms with Gasteiger partial charge in [-0.15, -0.1) is 0 Å². The van der Waals surface area contributed by atoms with Gasteiger partial charge in [0, 0.05) is 28.8 Å². The number of rotatable bonds is 3. The maximum absolute atomic E-state index is 11.5. The van der Waals surface area contributed by atoms with Crippen LogP contribution in [0.4, 0.5) is 5.69 Å². The van der Waals surface area contributed by atoms with Crippen molar-refractivity contribution in [1.82, 2.24) is 15.4 Å². The number of carbonyl (C=O) groups excluding carboxylic acids is 1. The standard InChI is InChI=1S/C14H16BrN5O/c15-9-4-5-11(20-6-2-1-3-7-20)10(8-9)12-13(14(16)21)18-19-17-12/h4-5,8H,1-3,6-7H2,(H2,16,21)(H,17,18,19). The Kier molecular flexibility index (Phi) is 3.92. The molecule has 3 N–H and O–H groups in total. The first kappa shape index (κ1) is 14.1. The van der Waals surface area contributed by atoms with E-state index >= 15 is 0 Å². The first-order chi connectivity index (χ1) is 10.2. The van der Waals surface area contributed by atoms with E-state index in [4.69, 9.17) is 5.73 Å². The summed E-state index contributed by atoms with van der Waals surface area (Å²) in [5.74, 6) is -0.580. The number of nitrogens with one attached hydrogen (secondary N) is 1. The Morgan fingerprint density at radius 2 is 2.00 bits per heavy atom. The van der Waals surface area contributed by atoms with Crippen molar-refractivity contribution in [3.63, 3.8) is 0 Å². The van der Waals surface area contributed by atoms with E-state index < -0.39 is 5.91 Å². The molecule has 0 spiro atoms. The molecule has 7 heteroatoms. The normalized spacial score (nSPS) is 15.2. The van der Waals surface area contributed by atoms with Gasteiger partial charge in [0.25, 0.3) is 5.91 Å². The number of halogens is 1. The fourth-order valence-corrected chi connectivity index (χ4v) is 3.06. The van der Waals surface area contributed by atoms with Crippen molar-refractivity contribution >= 4 is 27.5 Å². The fourth-order valence-electron chi connectivity index (χ4n) is 2.70. The highest BCUT2D eigenvalue weighted by atomic mass is 79.9. The molecule has 2 aromatic rings. The van der Waals surface area contributed by atoms with Crippen LogP contribution in [0, 0.1) is 0 Å². The lowest BCUT2D eigenvalue weighted by Crippen LogP contribution is -2.29. The number of hydrogen-bond acceptors (Lipinski definition) is 4. The lowest BCUT2D eigenvalue weighted by Gasteiger charge is -2.30. The quantitative estimate of drug-likeness (QED) is 0.889. The summed E-state index contributed by atoms with van der Waals surface area (Å²) >= 11 is 3.47. The molecule has 0 bridgehead atoms. The number of anilines is 1. The van der Waals surface area contributed by atoms with Crippen molar-refractivity contribution in [3.05, 3.63) is 28.4 Å². The number of aromatic nitrogens is 3. The van der Waals surface area contributed by atoms with Crippen LogP contribution >= 0.6 is 15.9 Å². The third kappa shape index (κ3) is 2.78. The highest BCUT2D eigenvalue weighted by Crippen LogP contribution is 2.34. The van der Waals surface area contributed by atoms with E-state index in [-0.39, 0.29) is 5.69 Å². The highest BCUT2D eigenvalue weighted by molar-refractivity contribution is 9.10. The SMILES string of the molecule is NC(=O)c1n[nH]nc1-c1cc(Br)ccc1N1CCCCC1. The molecule has 110 valence electrons. The Bertz CT molecular complexity index is 663. The molecule has 0 unspecified atom stereocenters. The number of hydrogen-bond donors (Lipinski definition) is 2. The summed E-state index contributed by atoms with van der Waals surface area (Å²) < 4.78 is 0.927. The molecule has 1 aliphatic heterocycles. The second-order valence-corrected chi connectivity index (χ2v) is 6.01. The topological polar surface area (TPSA) is 87.9 Å². The second kappa shape index (κ2) is 5.85. The van der Waals surface area contributed by atoms with Gasteiger partial charge in [0.05, 0.1) is 0 Å². The summed E-state index contributed by atoms with van der Waals surface area (Å²) in [6, 6.07) is 6.00. The minimum atomic E-state index is -0.580. The zero-order chi connectivity index (χ0) is 14.8. The average Bonchev–Trinajstić information content (AvgIpc) is 2.97. The smallest absolute Gasteiger partial charge is 0.271 e. The van der Waals surface area contributed by atoms with Gasteiger partial charge < -0.3 is 10.6 Å². The van der Waals surface area contributed by atoms with Crippen molar-refractivity contribution in [1.29, 1.82) is 0 Å². The van der Waals surface area contributed by atoms with Crippen molar-refractivity contribution in [2.75, 3.05) is 18.0 Å². The van der Waals surface area contributed by atoms with Crippen molar-refractivity contribution in [3.8, 4) is 11.3 Å². The minimum Gasteiger partial charge on any atom is -0.371 e. The summed E-state index contributed by atoms with van der Waals surface area (Å²) in [5.41, 5.74) is 7.99. The molecular formula is C14H16BrN5O. The lowest BCUT2D eigenvalue weighted by molar-refractivity contribution is 0.0996. The van der Waals surface area contributed by atoms with Gasteiger partial charge in [-0.25, -0.2) is 0 Å². The Hall–Kier alpha value is -1.89. The van der Waals surface area contributed by atoms with Gasteiger partial charge in [-0.05, 0) is 37.5 Å². The molecule has 6 nitrogen and oxygen atoms in total. The van der Waals surface area contributed by atoms with Crippen LogP contribution in [0.25, 0.3) is 11.3 Å². The van der Waals surface area contributed by atoms with Crippen molar-refractivity contribution < 1.29 is 4.79 Å². The molecular weight excluding hydrogens is 334 g/mol. The van der Waals surface area contributed by atoms with Gasteiger partial charge in [-0.1, -0.05) is 15.9 Å². The highest BCUT2D eigenvalue weighted by Gasteiger charge is 2.21. The van der Waals surface area contributed by atoms with E-state index in [0.29, 0.717) is 5.69 Å². The van der Waals surface area contributed by atoms with E-state index in [0.717, 1.165) is 28.8 Å². The summed E-state index contributed by atoms with van der Waals surface area (Å²) in [5, 5.41) is 10.5. The molecule has 2 heterocycles. The van der Waals surface area contributed by atoms with Crippen LogP contribution in [-0.4, -0.2) is 34.4 Å². The largest absolute Gasteiger partial charge is 0.371 e. The van der Waals surface area contributed by atoms with Crippen molar-refractivity contribution in [2.45, 2.75) is 19.3 Å². The number of nitrogens with zero attached hydrogens (tertiary/aromatic N) is 3. The van der Waals surface area contributed by atoms with Crippen LogP contribution < -0.4 is 10.6 Å². The zero-order valence-electron chi connectivity index (χ0n) is 11.5. The van der Waals surface area contributed by atoms with Gasteiger partial charge in [0.2, 0.25) is 0 Å². The van der Waals surface area contributed by atoms with Gasteiger partial charge in [0.15, 0.2) is 5.69 Å². The summed E-state index contributed by atoms with van der Waals surface area (Å²) in [6.07, 6.45) is 3.62. The van der Waals surface area contributed by atoms with E-state index in [1.807, 2.05) is 18.2 Å². The Morgan fingerprint density at radius 1 is 1.24 bits per heavy atom. The van der Waals surface area contributed by atoms with Gasteiger partial charge in [-0.3, -0.25) is 4.79 Å². The number of carbonyl (C=O) groups is 1. The molecule has 1 amide bonds. The predicted molar refractivity (Wildman–Crippen MR) is 84.1 cm³/mol. The molecule has 1 aromatic carbocycles. The number of benzene rings is 1. The Morgan fingerprint density at radius 3 is 2.71 bits per heavy atom. The third-order valence-corrected chi connectivity index (χ3v) is 4.19. The maximum Gasteiger partial charge on any atom is 0.271 e. The molecule has 0 radical (unpaired) electrons. The summed E-state index contributed by atoms with van der Waals surface area (Å²) in [7, 11) is 0. The summed E-state index contributed by atoms with van der Waals surface area (Å²) in [4.78, 5) is 13.8. The zero-order valence-corrected chi connectivity index (χ0v) is 13.1. The van der Waals surface area contributed by atoms with Crippen LogP contribution in [0.5, 0.6) is 0 Å². The maximum atomic E-state index is 11.5. The van der Waals surface area contributed by atoms with E-state index in [1.54, 1.807) is 0 Å². The van der Waals surface area contributed by atoms with Crippen molar-refractivity contribution in [2.24, 2.45) is 5.73 Å². The Balaban J connectivity index is 2.09. The van der Waals surface area contributed by atoms with E-state index in [9.17, 15) is 4.79 Å². The number of amides is 1. The molecule has 1 aromatic heterocycles. The average molecular weight is 350 g/mol. The molecule has 0 saturated carbocycles. The van der Waals surface area contributed by atoms with Crippen LogP contribution in [-0.2, 0) is 0 Å². The van der Waals surface area contributed by atoms with Crippen LogP contribution in [0.2, 0.25) is 0 Å². The minimum absolute atomic E-state index is 0.173. The molecule has 1 aliphatic rings. The first-order valence-corrected chi connectivity index (χ1v) is 7.71. The third-order valence-electron chi connectivity index (χ3n) is 3.69.